The van der Waals surface area contributed by atoms with Crippen LogP contribution in [-0.2, 0) is 9.53 Å². The van der Waals surface area contributed by atoms with Crippen LogP contribution in [0.5, 0.6) is 0 Å². The third-order valence-electron chi connectivity index (χ3n) is 2.51. The third-order valence-corrected chi connectivity index (χ3v) is 2.51. The summed E-state index contributed by atoms with van der Waals surface area (Å²) in [6.45, 7) is 6.21. The van der Waals surface area contributed by atoms with E-state index in [1.165, 1.54) is 7.11 Å². The molecule has 0 rings (SSSR count). The van der Waals surface area contributed by atoms with Crippen molar-refractivity contribution in [3.63, 3.8) is 0 Å². The van der Waals surface area contributed by atoms with Crippen LogP contribution in [0.15, 0.2) is 0 Å². The monoisotopic (exact) mass is 187 g/mol. The Balaban J connectivity index is 4.17. The van der Waals surface area contributed by atoms with Crippen molar-refractivity contribution in [3.8, 4) is 0 Å². The van der Waals surface area contributed by atoms with Crippen molar-refractivity contribution in [3.05, 3.63) is 0 Å². The van der Waals surface area contributed by atoms with Gasteiger partial charge in [-0.25, -0.2) is 0 Å². The lowest BCUT2D eigenvalue weighted by Gasteiger charge is -2.25. The zero-order valence-corrected chi connectivity index (χ0v) is 9.04. The first kappa shape index (κ1) is 12.4. The Bertz CT molecular complexity index is 157. The quantitative estimate of drug-likeness (QED) is 0.664. The summed E-state index contributed by atoms with van der Waals surface area (Å²) < 4.78 is 4.63. The molecule has 0 saturated heterocycles. The second-order valence-electron chi connectivity index (χ2n) is 3.76. The highest BCUT2D eigenvalue weighted by Crippen LogP contribution is 2.20. The standard InChI is InChI=1S/C10H21NO2/c1-5-9(11)8(7(2)3)6-10(12)13-4/h7-9H,5-6,11H2,1-4H3. The largest absolute Gasteiger partial charge is 0.469 e. The molecule has 3 nitrogen and oxygen atoms in total. The molecule has 78 valence electrons. The maximum atomic E-state index is 11.1. The van der Waals surface area contributed by atoms with Gasteiger partial charge in [-0.1, -0.05) is 20.8 Å². The van der Waals surface area contributed by atoms with Crippen LogP contribution in [-0.4, -0.2) is 19.1 Å². The molecule has 3 heteroatoms. The van der Waals surface area contributed by atoms with E-state index in [0.29, 0.717) is 12.3 Å². The maximum absolute atomic E-state index is 11.1. The van der Waals surface area contributed by atoms with E-state index in [1.54, 1.807) is 0 Å². The second-order valence-corrected chi connectivity index (χ2v) is 3.76. The van der Waals surface area contributed by atoms with E-state index in [0.717, 1.165) is 6.42 Å². The number of hydrogen-bond donors (Lipinski definition) is 1. The Morgan fingerprint density at radius 2 is 2.00 bits per heavy atom. The van der Waals surface area contributed by atoms with E-state index in [-0.39, 0.29) is 17.9 Å². The molecule has 2 N–H and O–H groups in total. The molecule has 0 aliphatic carbocycles. The van der Waals surface area contributed by atoms with Gasteiger partial charge in [0.2, 0.25) is 0 Å². The molecule has 0 aliphatic rings. The number of ether oxygens (including phenoxy) is 1. The van der Waals surface area contributed by atoms with Gasteiger partial charge in [-0.2, -0.15) is 0 Å². The van der Waals surface area contributed by atoms with Crippen LogP contribution in [0.4, 0.5) is 0 Å². The number of methoxy groups -OCH3 is 1. The fourth-order valence-corrected chi connectivity index (χ4v) is 1.46. The molecule has 2 atom stereocenters. The zero-order chi connectivity index (χ0) is 10.4. The average Bonchev–Trinajstić information content (AvgIpc) is 2.11. The third kappa shape index (κ3) is 4.27. The Labute approximate surface area is 80.6 Å². The topological polar surface area (TPSA) is 52.3 Å². The summed E-state index contributed by atoms with van der Waals surface area (Å²) in [7, 11) is 1.41. The Morgan fingerprint density at radius 3 is 2.31 bits per heavy atom. The molecule has 0 amide bonds. The summed E-state index contributed by atoms with van der Waals surface area (Å²) in [5, 5.41) is 0. The van der Waals surface area contributed by atoms with Gasteiger partial charge in [-0.05, 0) is 18.3 Å². The average molecular weight is 187 g/mol. The second kappa shape index (κ2) is 5.97. The van der Waals surface area contributed by atoms with Crippen LogP contribution in [0.1, 0.15) is 33.6 Å². The van der Waals surface area contributed by atoms with Crippen molar-refractivity contribution in [2.45, 2.75) is 39.7 Å². The van der Waals surface area contributed by atoms with Crippen molar-refractivity contribution in [2.75, 3.05) is 7.11 Å². The Hall–Kier alpha value is -0.570. The van der Waals surface area contributed by atoms with Gasteiger partial charge in [-0.3, -0.25) is 4.79 Å². The van der Waals surface area contributed by atoms with Crippen LogP contribution in [0.2, 0.25) is 0 Å². The van der Waals surface area contributed by atoms with Gasteiger partial charge in [0.15, 0.2) is 0 Å². The number of carbonyl (C=O) groups is 1. The number of esters is 1. The number of rotatable bonds is 5. The molecule has 0 heterocycles. The predicted octanol–water partition coefficient (Wildman–Crippen LogP) is 1.56. The summed E-state index contributed by atoms with van der Waals surface area (Å²) >= 11 is 0. The normalized spacial score (nSPS) is 15.5. The van der Waals surface area contributed by atoms with Gasteiger partial charge in [0.05, 0.1) is 13.5 Å². The van der Waals surface area contributed by atoms with Crippen molar-refractivity contribution >= 4 is 5.97 Å². The zero-order valence-electron chi connectivity index (χ0n) is 9.04. The minimum atomic E-state index is -0.164. The van der Waals surface area contributed by atoms with Gasteiger partial charge < -0.3 is 10.5 Å². The maximum Gasteiger partial charge on any atom is 0.305 e. The summed E-state index contributed by atoms with van der Waals surface area (Å²) in [4.78, 5) is 11.1. The lowest BCUT2D eigenvalue weighted by atomic mass is 9.85. The van der Waals surface area contributed by atoms with Crippen LogP contribution < -0.4 is 5.73 Å². The molecular weight excluding hydrogens is 166 g/mol. The van der Waals surface area contributed by atoms with Crippen molar-refractivity contribution < 1.29 is 9.53 Å². The number of nitrogens with two attached hydrogens (primary N) is 1. The molecule has 0 aromatic rings. The van der Waals surface area contributed by atoms with E-state index in [2.05, 4.69) is 18.6 Å². The molecule has 0 aromatic carbocycles. The molecular formula is C10H21NO2. The van der Waals surface area contributed by atoms with Gasteiger partial charge in [0.1, 0.15) is 0 Å². The fourth-order valence-electron chi connectivity index (χ4n) is 1.46. The molecule has 0 aliphatic heterocycles. The molecule has 0 saturated carbocycles. The minimum absolute atomic E-state index is 0.0964. The van der Waals surface area contributed by atoms with Crippen molar-refractivity contribution in [2.24, 2.45) is 17.6 Å². The minimum Gasteiger partial charge on any atom is -0.469 e. The first-order valence-electron chi connectivity index (χ1n) is 4.85. The van der Waals surface area contributed by atoms with E-state index in [4.69, 9.17) is 5.73 Å². The van der Waals surface area contributed by atoms with Crippen LogP contribution in [0.25, 0.3) is 0 Å². The SMILES string of the molecule is CCC(N)C(CC(=O)OC)C(C)C. The van der Waals surface area contributed by atoms with Crippen LogP contribution >= 0.6 is 0 Å². The molecule has 0 radical (unpaired) electrons. The molecule has 0 bridgehead atoms. The molecule has 2 unspecified atom stereocenters. The smallest absolute Gasteiger partial charge is 0.305 e. The van der Waals surface area contributed by atoms with Crippen LogP contribution in [0, 0.1) is 11.8 Å². The number of hydrogen-bond acceptors (Lipinski definition) is 3. The highest BCUT2D eigenvalue weighted by Gasteiger charge is 2.23. The van der Waals surface area contributed by atoms with Crippen LogP contribution in [0.3, 0.4) is 0 Å². The Morgan fingerprint density at radius 1 is 1.46 bits per heavy atom. The summed E-state index contributed by atoms with van der Waals surface area (Å²) in [5.41, 5.74) is 5.91. The lowest BCUT2D eigenvalue weighted by Crippen LogP contribution is -2.34. The summed E-state index contributed by atoms with van der Waals surface area (Å²) in [5.74, 6) is 0.495. The van der Waals surface area contributed by atoms with E-state index in [1.807, 2.05) is 6.92 Å². The summed E-state index contributed by atoms with van der Waals surface area (Å²) in [6.07, 6.45) is 1.34. The van der Waals surface area contributed by atoms with E-state index >= 15 is 0 Å². The first-order chi connectivity index (χ1) is 6.02. The predicted molar refractivity (Wildman–Crippen MR) is 53.2 cm³/mol. The highest BCUT2D eigenvalue weighted by atomic mass is 16.5. The van der Waals surface area contributed by atoms with Crippen molar-refractivity contribution in [1.82, 2.24) is 0 Å². The van der Waals surface area contributed by atoms with Gasteiger partial charge in [0.25, 0.3) is 0 Å². The van der Waals surface area contributed by atoms with E-state index < -0.39 is 0 Å². The number of carbonyl (C=O) groups excluding carboxylic acids is 1. The fraction of sp³-hybridized carbons (Fsp3) is 0.900. The molecule has 0 aromatic heterocycles. The highest BCUT2D eigenvalue weighted by molar-refractivity contribution is 5.69. The first-order valence-corrected chi connectivity index (χ1v) is 4.85. The van der Waals surface area contributed by atoms with Crippen molar-refractivity contribution in [1.29, 1.82) is 0 Å². The van der Waals surface area contributed by atoms with Gasteiger partial charge >= 0.3 is 5.97 Å². The lowest BCUT2D eigenvalue weighted by molar-refractivity contribution is -0.142. The Kier molecular flexibility index (Phi) is 5.71. The molecule has 13 heavy (non-hydrogen) atoms. The molecule has 0 fully saturated rings. The summed E-state index contributed by atoms with van der Waals surface area (Å²) in [6, 6.07) is 0.0964. The molecule has 0 spiro atoms. The van der Waals surface area contributed by atoms with Gasteiger partial charge in [0, 0.05) is 6.04 Å². The van der Waals surface area contributed by atoms with Gasteiger partial charge in [-0.15, -0.1) is 0 Å². The van der Waals surface area contributed by atoms with E-state index in [9.17, 15) is 4.79 Å².